The van der Waals surface area contributed by atoms with E-state index in [1.165, 1.54) is 24.0 Å². The number of aryl methyl sites for hydroxylation is 1. The van der Waals surface area contributed by atoms with E-state index >= 15 is 0 Å². The zero-order valence-corrected chi connectivity index (χ0v) is 15.0. The average molecular weight is 339 g/mol. The zero-order chi connectivity index (χ0) is 17.8. The molecule has 25 heavy (non-hydrogen) atoms. The van der Waals surface area contributed by atoms with Crippen molar-refractivity contribution in [3.63, 3.8) is 0 Å². The first-order chi connectivity index (χ1) is 12.1. The Bertz CT molecular complexity index is 735. The van der Waals surface area contributed by atoms with E-state index in [2.05, 4.69) is 36.5 Å². The van der Waals surface area contributed by atoms with E-state index in [-0.39, 0.29) is 11.9 Å². The normalized spacial score (nSPS) is 14.7. The average Bonchev–Trinajstić information content (AvgIpc) is 3.45. The lowest BCUT2D eigenvalue weighted by atomic mass is 10.0. The Labute approximate surface area is 149 Å². The van der Waals surface area contributed by atoms with E-state index in [1.807, 2.05) is 18.2 Å². The van der Waals surface area contributed by atoms with E-state index in [1.54, 1.807) is 14.2 Å². The van der Waals surface area contributed by atoms with Crippen molar-refractivity contribution in [1.29, 1.82) is 0 Å². The fraction of sp³-hybridized carbons (Fsp3) is 0.381. The van der Waals surface area contributed by atoms with E-state index in [4.69, 9.17) is 9.47 Å². The number of amides is 1. The molecule has 1 N–H and O–H groups in total. The molecule has 0 spiro atoms. The van der Waals surface area contributed by atoms with Gasteiger partial charge in [0.2, 0.25) is 5.91 Å². The number of nitrogens with one attached hydrogen (secondary N) is 1. The Kier molecular flexibility index (Phi) is 5.27. The summed E-state index contributed by atoms with van der Waals surface area (Å²) in [6, 6.07) is 14.1. The number of carbonyl (C=O) groups is 1. The van der Waals surface area contributed by atoms with Crippen LogP contribution in [0.5, 0.6) is 11.5 Å². The molecule has 1 atom stereocenters. The molecule has 3 rings (SSSR count). The quantitative estimate of drug-likeness (QED) is 0.834. The summed E-state index contributed by atoms with van der Waals surface area (Å²) in [6.45, 7) is 2.07. The van der Waals surface area contributed by atoms with Crippen LogP contribution in [0.4, 0.5) is 0 Å². The second-order valence-electron chi connectivity index (χ2n) is 6.66. The predicted octanol–water partition coefficient (Wildman–Crippen LogP) is 3.82. The topological polar surface area (TPSA) is 47.6 Å². The first-order valence-electron chi connectivity index (χ1n) is 8.67. The van der Waals surface area contributed by atoms with Gasteiger partial charge in [0.25, 0.3) is 0 Å². The van der Waals surface area contributed by atoms with Crippen LogP contribution in [0, 0.1) is 12.8 Å². The van der Waals surface area contributed by atoms with Crippen LogP contribution in [0.1, 0.15) is 35.6 Å². The second kappa shape index (κ2) is 7.60. The zero-order valence-electron chi connectivity index (χ0n) is 15.0. The molecule has 1 fully saturated rings. The van der Waals surface area contributed by atoms with Crippen LogP contribution < -0.4 is 14.8 Å². The minimum atomic E-state index is 0.0321. The number of methoxy groups -OCH3 is 2. The van der Waals surface area contributed by atoms with Gasteiger partial charge in [-0.05, 0) is 48.9 Å². The highest BCUT2D eigenvalue weighted by Crippen LogP contribution is 2.41. The molecule has 1 aliphatic rings. The number of ether oxygens (including phenoxy) is 2. The third kappa shape index (κ3) is 4.32. The van der Waals surface area contributed by atoms with Crippen molar-refractivity contribution in [2.75, 3.05) is 14.2 Å². The van der Waals surface area contributed by atoms with Crippen molar-refractivity contribution in [3.05, 3.63) is 59.2 Å². The number of carbonyl (C=O) groups excluding carboxylic acids is 1. The SMILES string of the molecule is COc1ccc(CC(=O)NC(c2ccc(C)cc2)C2CC2)cc1OC. The summed E-state index contributed by atoms with van der Waals surface area (Å²) >= 11 is 0. The van der Waals surface area contributed by atoms with E-state index in [0.717, 1.165) is 5.56 Å². The van der Waals surface area contributed by atoms with Gasteiger partial charge in [-0.1, -0.05) is 35.9 Å². The maximum absolute atomic E-state index is 12.6. The van der Waals surface area contributed by atoms with Gasteiger partial charge < -0.3 is 14.8 Å². The van der Waals surface area contributed by atoms with Gasteiger partial charge in [-0.25, -0.2) is 0 Å². The molecule has 1 amide bonds. The lowest BCUT2D eigenvalue weighted by molar-refractivity contribution is -0.121. The van der Waals surface area contributed by atoms with Gasteiger partial charge in [-0.15, -0.1) is 0 Å². The Morgan fingerprint density at radius 1 is 1.08 bits per heavy atom. The summed E-state index contributed by atoms with van der Waals surface area (Å²) in [5.74, 6) is 1.90. The predicted molar refractivity (Wildman–Crippen MR) is 98.0 cm³/mol. The van der Waals surface area contributed by atoms with Crippen LogP contribution in [0.15, 0.2) is 42.5 Å². The summed E-state index contributed by atoms with van der Waals surface area (Å²) in [5.41, 5.74) is 3.33. The third-order valence-electron chi connectivity index (χ3n) is 4.66. The summed E-state index contributed by atoms with van der Waals surface area (Å²) in [6.07, 6.45) is 2.68. The van der Waals surface area contributed by atoms with Crippen LogP contribution >= 0.6 is 0 Å². The highest BCUT2D eigenvalue weighted by atomic mass is 16.5. The van der Waals surface area contributed by atoms with Crippen molar-refractivity contribution < 1.29 is 14.3 Å². The summed E-state index contributed by atoms with van der Waals surface area (Å²) in [4.78, 5) is 12.6. The molecule has 0 aliphatic heterocycles. The highest BCUT2D eigenvalue weighted by molar-refractivity contribution is 5.79. The van der Waals surface area contributed by atoms with Crippen LogP contribution in [0.2, 0.25) is 0 Å². The second-order valence-corrected chi connectivity index (χ2v) is 6.66. The van der Waals surface area contributed by atoms with Gasteiger partial charge >= 0.3 is 0 Å². The van der Waals surface area contributed by atoms with E-state index < -0.39 is 0 Å². The van der Waals surface area contributed by atoms with Crippen molar-refractivity contribution in [1.82, 2.24) is 5.32 Å². The molecule has 0 saturated heterocycles. The van der Waals surface area contributed by atoms with Gasteiger partial charge in [-0.2, -0.15) is 0 Å². The molecule has 1 saturated carbocycles. The number of hydrogen-bond acceptors (Lipinski definition) is 3. The molecule has 2 aromatic rings. The Balaban J connectivity index is 1.69. The maximum atomic E-state index is 12.6. The molecule has 0 heterocycles. The van der Waals surface area contributed by atoms with Crippen molar-refractivity contribution in [3.8, 4) is 11.5 Å². The van der Waals surface area contributed by atoms with Gasteiger partial charge in [0.05, 0.1) is 26.7 Å². The highest BCUT2D eigenvalue weighted by Gasteiger charge is 2.33. The molecule has 1 unspecified atom stereocenters. The fourth-order valence-corrected chi connectivity index (χ4v) is 3.08. The Morgan fingerprint density at radius 2 is 1.76 bits per heavy atom. The molecular weight excluding hydrogens is 314 g/mol. The number of rotatable bonds is 7. The lowest BCUT2D eigenvalue weighted by Gasteiger charge is -2.19. The van der Waals surface area contributed by atoms with Gasteiger partial charge in [0, 0.05) is 0 Å². The smallest absolute Gasteiger partial charge is 0.224 e. The molecule has 4 nitrogen and oxygen atoms in total. The van der Waals surface area contributed by atoms with Crippen LogP contribution in [0.3, 0.4) is 0 Å². The minimum Gasteiger partial charge on any atom is -0.493 e. The van der Waals surface area contributed by atoms with E-state index in [0.29, 0.717) is 23.8 Å². The van der Waals surface area contributed by atoms with Gasteiger partial charge in [-0.3, -0.25) is 4.79 Å². The number of hydrogen-bond donors (Lipinski definition) is 1. The van der Waals surface area contributed by atoms with Crippen molar-refractivity contribution in [2.24, 2.45) is 5.92 Å². The molecule has 132 valence electrons. The summed E-state index contributed by atoms with van der Waals surface area (Å²) < 4.78 is 10.6. The Morgan fingerprint density at radius 3 is 2.36 bits per heavy atom. The van der Waals surface area contributed by atoms with Crippen LogP contribution in [0.25, 0.3) is 0 Å². The standard InChI is InChI=1S/C21H25NO3/c1-14-4-7-16(8-5-14)21(17-9-10-17)22-20(23)13-15-6-11-18(24-2)19(12-15)25-3/h4-8,11-12,17,21H,9-10,13H2,1-3H3,(H,22,23). The third-order valence-corrected chi connectivity index (χ3v) is 4.66. The van der Waals surface area contributed by atoms with Crippen molar-refractivity contribution in [2.45, 2.75) is 32.2 Å². The van der Waals surface area contributed by atoms with E-state index in [9.17, 15) is 4.79 Å². The summed E-state index contributed by atoms with van der Waals surface area (Å²) in [5, 5.41) is 3.22. The molecule has 0 radical (unpaired) electrons. The monoisotopic (exact) mass is 339 g/mol. The van der Waals surface area contributed by atoms with Gasteiger partial charge in [0.1, 0.15) is 0 Å². The molecule has 0 bridgehead atoms. The molecule has 2 aromatic carbocycles. The minimum absolute atomic E-state index is 0.0321. The molecule has 0 aromatic heterocycles. The fourth-order valence-electron chi connectivity index (χ4n) is 3.08. The summed E-state index contributed by atoms with van der Waals surface area (Å²) in [7, 11) is 3.20. The van der Waals surface area contributed by atoms with Gasteiger partial charge in [0.15, 0.2) is 11.5 Å². The lowest BCUT2D eigenvalue weighted by Crippen LogP contribution is -2.31. The largest absolute Gasteiger partial charge is 0.493 e. The molecular formula is C21H25NO3. The van der Waals surface area contributed by atoms with Crippen LogP contribution in [-0.4, -0.2) is 20.1 Å². The Hall–Kier alpha value is -2.49. The van der Waals surface area contributed by atoms with Crippen LogP contribution in [-0.2, 0) is 11.2 Å². The molecule has 1 aliphatic carbocycles. The first-order valence-corrected chi connectivity index (χ1v) is 8.67. The number of benzene rings is 2. The first kappa shape index (κ1) is 17.3. The van der Waals surface area contributed by atoms with Crippen molar-refractivity contribution >= 4 is 5.91 Å². The molecule has 4 heteroatoms. The maximum Gasteiger partial charge on any atom is 0.224 e.